The zero-order valence-electron chi connectivity index (χ0n) is 14.8. The second kappa shape index (κ2) is 7.86. The molecule has 138 valence electrons. The molecule has 3 rings (SSSR count). The molecule has 26 heavy (non-hydrogen) atoms. The van der Waals surface area contributed by atoms with E-state index in [2.05, 4.69) is 20.8 Å². The van der Waals surface area contributed by atoms with E-state index in [1.807, 2.05) is 18.4 Å². The Kier molecular flexibility index (Phi) is 5.56. The number of nitrogens with zero attached hydrogens (tertiary/aromatic N) is 3. The van der Waals surface area contributed by atoms with Gasteiger partial charge in [0, 0.05) is 23.6 Å². The Hall–Kier alpha value is -2.41. The Morgan fingerprint density at radius 1 is 1.23 bits per heavy atom. The third kappa shape index (κ3) is 4.04. The molecule has 0 fully saturated rings. The number of carbonyl (C=O) groups is 2. The number of carbonyl (C=O) groups excluding carboxylic acids is 2. The number of hydrogen-bond donors (Lipinski definition) is 2. The minimum absolute atomic E-state index is 0.0598. The van der Waals surface area contributed by atoms with Crippen LogP contribution in [-0.2, 0) is 24.3 Å². The molecule has 1 aliphatic rings. The molecule has 1 unspecified atom stereocenters. The summed E-state index contributed by atoms with van der Waals surface area (Å²) in [5, 5.41) is 14.5. The molecule has 0 aliphatic carbocycles. The first kappa shape index (κ1) is 18.4. The predicted molar refractivity (Wildman–Crippen MR) is 97.7 cm³/mol. The molecular formula is C18H22ClN5O2. The second-order valence-corrected chi connectivity index (χ2v) is 7.14. The van der Waals surface area contributed by atoms with Gasteiger partial charge in [-0.25, -0.2) is 0 Å². The van der Waals surface area contributed by atoms with Crippen LogP contribution < -0.4 is 10.6 Å². The number of aryl methyl sites for hydroxylation is 1. The lowest BCUT2D eigenvalue weighted by Crippen LogP contribution is -2.49. The first-order valence-electron chi connectivity index (χ1n) is 8.71. The average molecular weight is 376 g/mol. The predicted octanol–water partition coefficient (Wildman–Crippen LogP) is 1.95. The third-order valence-corrected chi connectivity index (χ3v) is 4.70. The minimum Gasteiger partial charge on any atom is -0.347 e. The highest BCUT2D eigenvalue weighted by molar-refractivity contribution is 6.30. The van der Waals surface area contributed by atoms with Crippen molar-refractivity contribution in [3.8, 4) is 0 Å². The highest BCUT2D eigenvalue weighted by atomic mass is 35.5. The van der Waals surface area contributed by atoms with Gasteiger partial charge >= 0.3 is 0 Å². The summed E-state index contributed by atoms with van der Waals surface area (Å²) in [5.74, 6) is 1.11. The van der Waals surface area contributed by atoms with Gasteiger partial charge in [-0.2, -0.15) is 0 Å². The van der Waals surface area contributed by atoms with Gasteiger partial charge in [0.1, 0.15) is 11.9 Å². The molecule has 0 bridgehead atoms. The minimum atomic E-state index is -0.640. The Morgan fingerprint density at radius 3 is 2.65 bits per heavy atom. The van der Waals surface area contributed by atoms with Crippen molar-refractivity contribution in [2.24, 2.45) is 5.92 Å². The van der Waals surface area contributed by atoms with Crippen LogP contribution in [0.3, 0.4) is 0 Å². The van der Waals surface area contributed by atoms with Crippen LogP contribution in [0.15, 0.2) is 24.3 Å². The van der Waals surface area contributed by atoms with Crippen LogP contribution in [0, 0.1) is 5.92 Å². The standard InChI is InChI=1S/C18H22ClN5O2/c1-11(2)16(21-17(25)12-5-7-13(19)8-6-12)18(26)20-10-15-23-22-14-4-3-9-24(14)15/h5-8,11,16H,3-4,9-10H2,1-2H3,(H,20,26)(H,21,25). The normalized spacial score (nSPS) is 14.2. The van der Waals surface area contributed by atoms with Crippen molar-refractivity contribution in [3.63, 3.8) is 0 Å². The first-order chi connectivity index (χ1) is 12.5. The van der Waals surface area contributed by atoms with Gasteiger partial charge in [0.25, 0.3) is 5.91 Å². The largest absolute Gasteiger partial charge is 0.347 e. The van der Waals surface area contributed by atoms with E-state index < -0.39 is 6.04 Å². The summed E-state index contributed by atoms with van der Waals surface area (Å²) >= 11 is 5.84. The molecule has 2 aromatic rings. The Labute approximate surface area is 157 Å². The summed E-state index contributed by atoms with van der Waals surface area (Å²) in [6.45, 7) is 4.96. The fourth-order valence-electron chi connectivity index (χ4n) is 2.98. The summed E-state index contributed by atoms with van der Waals surface area (Å²) in [6.07, 6.45) is 1.98. The van der Waals surface area contributed by atoms with E-state index in [0.717, 1.165) is 31.0 Å². The van der Waals surface area contributed by atoms with Crippen molar-refractivity contribution in [2.75, 3.05) is 0 Å². The van der Waals surface area contributed by atoms with E-state index in [9.17, 15) is 9.59 Å². The summed E-state index contributed by atoms with van der Waals surface area (Å²) in [4.78, 5) is 25.0. The summed E-state index contributed by atoms with van der Waals surface area (Å²) < 4.78 is 2.04. The lowest BCUT2D eigenvalue weighted by molar-refractivity contribution is -0.124. The molecular weight excluding hydrogens is 354 g/mol. The van der Waals surface area contributed by atoms with Crippen LogP contribution in [0.4, 0.5) is 0 Å². The topological polar surface area (TPSA) is 88.9 Å². The van der Waals surface area contributed by atoms with Crippen molar-refractivity contribution < 1.29 is 9.59 Å². The van der Waals surface area contributed by atoms with Gasteiger partial charge in [0.05, 0.1) is 6.54 Å². The fourth-order valence-corrected chi connectivity index (χ4v) is 3.10. The SMILES string of the molecule is CC(C)C(NC(=O)c1ccc(Cl)cc1)C(=O)NCc1nnc2n1CCC2. The second-order valence-electron chi connectivity index (χ2n) is 6.71. The van der Waals surface area contributed by atoms with Gasteiger partial charge in [-0.15, -0.1) is 10.2 Å². The van der Waals surface area contributed by atoms with Gasteiger partial charge in [-0.05, 0) is 36.6 Å². The number of rotatable bonds is 6. The molecule has 2 heterocycles. The molecule has 1 aliphatic heterocycles. The molecule has 7 nitrogen and oxygen atoms in total. The van der Waals surface area contributed by atoms with Gasteiger partial charge in [0.2, 0.25) is 5.91 Å². The summed E-state index contributed by atoms with van der Waals surface area (Å²) in [6, 6.07) is 5.91. The van der Waals surface area contributed by atoms with Crippen molar-refractivity contribution in [2.45, 2.75) is 45.8 Å². The molecule has 2 N–H and O–H groups in total. The van der Waals surface area contributed by atoms with Gasteiger partial charge in [0.15, 0.2) is 5.82 Å². The smallest absolute Gasteiger partial charge is 0.251 e. The number of nitrogens with one attached hydrogen (secondary N) is 2. The monoisotopic (exact) mass is 375 g/mol. The van der Waals surface area contributed by atoms with E-state index >= 15 is 0 Å². The van der Waals surface area contributed by atoms with Gasteiger partial charge in [-0.3, -0.25) is 9.59 Å². The lowest BCUT2D eigenvalue weighted by Gasteiger charge is -2.21. The Morgan fingerprint density at radius 2 is 1.96 bits per heavy atom. The number of hydrogen-bond acceptors (Lipinski definition) is 4. The van der Waals surface area contributed by atoms with Crippen molar-refractivity contribution in [3.05, 3.63) is 46.5 Å². The molecule has 1 aromatic carbocycles. The van der Waals surface area contributed by atoms with Gasteiger partial charge in [-0.1, -0.05) is 25.4 Å². The van der Waals surface area contributed by atoms with Crippen LogP contribution in [0.5, 0.6) is 0 Å². The fraction of sp³-hybridized carbons (Fsp3) is 0.444. The Bertz CT molecular complexity index is 800. The highest BCUT2D eigenvalue weighted by Gasteiger charge is 2.25. The van der Waals surface area contributed by atoms with Crippen LogP contribution in [0.1, 0.15) is 42.3 Å². The van der Waals surface area contributed by atoms with E-state index in [0.29, 0.717) is 17.1 Å². The molecule has 0 radical (unpaired) electrons. The van der Waals surface area contributed by atoms with Gasteiger partial charge < -0.3 is 15.2 Å². The highest BCUT2D eigenvalue weighted by Crippen LogP contribution is 2.14. The molecule has 1 atom stereocenters. The maximum Gasteiger partial charge on any atom is 0.251 e. The molecule has 2 amide bonds. The van der Waals surface area contributed by atoms with E-state index in [1.165, 1.54) is 0 Å². The van der Waals surface area contributed by atoms with E-state index in [1.54, 1.807) is 24.3 Å². The molecule has 1 aromatic heterocycles. The zero-order valence-corrected chi connectivity index (χ0v) is 15.6. The van der Waals surface area contributed by atoms with Crippen LogP contribution in [0.25, 0.3) is 0 Å². The van der Waals surface area contributed by atoms with Crippen LogP contribution >= 0.6 is 11.6 Å². The molecule has 8 heteroatoms. The summed E-state index contributed by atoms with van der Waals surface area (Å²) in [7, 11) is 0. The van der Waals surface area contributed by atoms with E-state index in [-0.39, 0.29) is 17.7 Å². The van der Waals surface area contributed by atoms with Crippen LogP contribution in [-0.4, -0.2) is 32.6 Å². The zero-order chi connectivity index (χ0) is 18.7. The number of aromatic nitrogens is 3. The molecule has 0 saturated carbocycles. The summed E-state index contributed by atoms with van der Waals surface area (Å²) in [5.41, 5.74) is 0.461. The maximum absolute atomic E-state index is 12.6. The molecule has 0 spiro atoms. The maximum atomic E-state index is 12.6. The third-order valence-electron chi connectivity index (χ3n) is 4.45. The Balaban J connectivity index is 1.62. The van der Waals surface area contributed by atoms with Crippen LogP contribution in [0.2, 0.25) is 5.02 Å². The average Bonchev–Trinajstić information content (AvgIpc) is 3.21. The lowest BCUT2D eigenvalue weighted by atomic mass is 10.0. The van der Waals surface area contributed by atoms with Crippen molar-refractivity contribution in [1.82, 2.24) is 25.4 Å². The number of benzene rings is 1. The van der Waals surface area contributed by atoms with Crippen molar-refractivity contribution >= 4 is 23.4 Å². The quantitative estimate of drug-likeness (QED) is 0.807. The molecule has 0 saturated heterocycles. The number of amides is 2. The number of fused-ring (bicyclic) bond motifs is 1. The van der Waals surface area contributed by atoms with E-state index in [4.69, 9.17) is 11.6 Å². The first-order valence-corrected chi connectivity index (χ1v) is 9.08. The van der Waals surface area contributed by atoms with Crippen molar-refractivity contribution in [1.29, 1.82) is 0 Å². The number of halogens is 1.